The van der Waals surface area contributed by atoms with E-state index in [1.165, 1.54) is 0 Å². The molecule has 6 heteroatoms. The van der Waals surface area contributed by atoms with Crippen molar-refractivity contribution >= 4 is 40.7 Å². The van der Waals surface area contributed by atoms with Crippen LogP contribution in [-0.2, 0) is 11.2 Å². The fourth-order valence-electron chi connectivity index (χ4n) is 1.57. The van der Waals surface area contributed by atoms with Gasteiger partial charge in [-0.05, 0) is 24.3 Å². The third kappa shape index (κ3) is 3.59. The maximum absolute atomic E-state index is 10.8. The van der Waals surface area contributed by atoms with Gasteiger partial charge in [0.1, 0.15) is 5.82 Å². The lowest BCUT2D eigenvalue weighted by atomic mass is 10.2. The van der Waals surface area contributed by atoms with Gasteiger partial charge < -0.3 is 10.4 Å². The number of carbonyl (C=O) groups is 1. The van der Waals surface area contributed by atoms with Crippen LogP contribution in [0.3, 0.4) is 0 Å². The van der Waals surface area contributed by atoms with Gasteiger partial charge in [0.2, 0.25) is 0 Å². The van der Waals surface area contributed by atoms with Crippen LogP contribution < -0.4 is 5.32 Å². The number of nitrogens with one attached hydrogen (secondary N) is 1. The predicted molar refractivity (Wildman–Crippen MR) is 75.3 cm³/mol. The van der Waals surface area contributed by atoms with E-state index < -0.39 is 5.97 Å². The molecule has 2 aromatic rings. The Morgan fingerprint density at radius 2 is 2.05 bits per heavy atom. The molecule has 0 aliphatic rings. The summed E-state index contributed by atoms with van der Waals surface area (Å²) in [5.74, 6) is -0.423. The first-order valence-corrected chi connectivity index (χ1v) is 6.19. The van der Waals surface area contributed by atoms with Gasteiger partial charge >= 0.3 is 5.97 Å². The molecule has 0 saturated carbocycles. The molecule has 0 atom stereocenters. The zero-order valence-corrected chi connectivity index (χ0v) is 11.2. The molecule has 1 aromatic heterocycles. The molecule has 0 unspecified atom stereocenters. The highest BCUT2D eigenvalue weighted by molar-refractivity contribution is 6.42. The van der Waals surface area contributed by atoms with Gasteiger partial charge in [-0.1, -0.05) is 29.3 Å². The first kappa shape index (κ1) is 13.6. The lowest BCUT2D eigenvalue weighted by Crippen LogP contribution is -2.05. The molecule has 2 rings (SSSR count). The standard InChI is InChI=1S/C13H10Cl2N2O2/c14-10-4-3-9(7-11(10)15)17-13-8(6-12(18)19)2-1-5-16-13/h1-5,7H,6H2,(H,16,17)(H,18,19). The van der Waals surface area contributed by atoms with Gasteiger partial charge in [-0.15, -0.1) is 0 Å². The van der Waals surface area contributed by atoms with Crippen molar-refractivity contribution in [3.8, 4) is 0 Å². The molecule has 1 aromatic carbocycles. The number of halogens is 2. The molecule has 0 saturated heterocycles. The Morgan fingerprint density at radius 3 is 2.74 bits per heavy atom. The lowest BCUT2D eigenvalue weighted by molar-refractivity contribution is -0.136. The predicted octanol–water partition coefficient (Wildman–Crippen LogP) is 3.76. The quantitative estimate of drug-likeness (QED) is 0.902. The Bertz CT molecular complexity index is 617. The van der Waals surface area contributed by atoms with E-state index in [1.807, 2.05) is 0 Å². The van der Waals surface area contributed by atoms with Crippen LogP contribution in [0.2, 0.25) is 10.0 Å². The number of benzene rings is 1. The van der Waals surface area contributed by atoms with E-state index in [0.717, 1.165) is 0 Å². The minimum absolute atomic E-state index is 0.0997. The number of rotatable bonds is 4. The summed E-state index contributed by atoms with van der Waals surface area (Å²) in [5, 5.41) is 12.7. The molecule has 0 aliphatic carbocycles. The number of carboxylic acid groups (broad SMARTS) is 1. The highest BCUT2D eigenvalue weighted by atomic mass is 35.5. The Labute approximate surface area is 120 Å². The summed E-state index contributed by atoms with van der Waals surface area (Å²) in [7, 11) is 0. The number of hydrogen-bond donors (Lipinski definition) is 2. The lowest BCUT2D eigenvalue weighted by Gasteiger charge is -2.10. The highest BCUT2D eigenvalue weighted by Gasteiger charge is 2.08. The van der Waals surface area contributed by atoms with Crippen LogP contribution in [0.25, 0.3) is 0 Å². The summed E-state index contributed by atoms with van der Waals surface area (Å²) >= 11 is 11.7. The third-order valence-corrected chi connectivity index (χ3v) is 3.15. The monoisotopic (exact) mass is 296 g/mol. The molecule has 98 valence electrons. The van der Waals surface area contributed by atoms with E-state index in [0.29, 0.717) is 27.1 Å². The van der Waals surface area contributed by atoms with Crippen molar-refractivity contribution in [3.05, 3.63) is 52.1 Å². The van der Waals surface area contributed by atoms with Crippen molar-refractivity contribution in [2.75, 3.05) is 5.32 Å². The highest BCUT2D eigenvalue weighted by Crippen LogP contribution is 2.27. The molecule has 0 fully saturated rings. The van der Waals surface area contributed by atoms with Crippen molar-refractivity contribution in [2.24, 2.45) is 0 Å². The molecule has 0 spiro atoms. The Morgan fingerprint density at radius 1 is 1.26 bits per heavy atom. The first-order valence-electron chi connectivity index (χ1n) is 5.44. The van der Waals surface area contributed by atoms with Crippen molar-refractivity contribution in [1.82, 2.24) is 4.98 Å². The van der Waals surface area contributed by atoms with Gasteiger partial charge in [0, 0.05) is 17.4 Å². The number of nitrogens with zero attached hydrogens (tertiary/aromatic N) is 1. The summed E-state index contributed by atoms with van der Waals surface area (Å²) in [4.78, 5) is 14.9. The molecule has 2 N–H and O–H groups in total. The largest absolute Gasteiger partial charge is 0.481 e. The topological polar surface area (TPSA) is 62.2 Å². The molecular weight excluding hydrogens is 287 g/mol. The van der Waals surface area contributed by atoms with Crippen LogP contribution in [0.4, 0.5) is 11.5 Å². The van der Waals surface area contributed by atoms with E-state index in [-0.39, 0.29) is 6.42 Å². The van der Waals surface area contributed by atoms with Gasteiger partial charge in [0.05, 0.1) is 16.5 Å². The Hall–Kier alpha value is -1.78. The minimum atomic E-state index is -0.912. The summed E-state index contributed by atoms with van der Waals surface area (Å²) < 4.78 is 0. The van der Waals surface area contributed by atoms with Crippen molar-refractivity contribution < 1.29 is 9.90 Å². The molecule has 0 radical (unpaired) electrons. The third-order valence-electron chi connectivity index (χ3n) is 2.42. The number of aliphatic carboxylic acids is 1. The van der Waals surface area contributed by atoms with Gasteiger partial charge in [0.25, 0.3) is 0 Å². The molecule has 4 nitrogen and oxygen atoms in total. The van der Waals surface area contributed by atoms with Crippen LogP contribution in [0.15, 0.2) is 36.5 Å². The van der Waals surface area contributed by atoms with E-state index in [1.54, 1.807) is 36.5 Å². The fraction of sp³-hybridized carbons (Fsp3) is 0.0769. The van der Waals surface area contributed by atoms with Crippen LogP contribution in [0, 0.1) is 0 Å². The second-order valence-electron chi connectivity index (χ2n) is 3.84. The van der Waals surface area contributed by atoms with Gasteiger partial charge in [-0.3, -0.25) is 4.79 Å². The summed E-state index contributed by atoms with van der Waals surface area (Å²) in [5.41, 5.74) is 1.29. The number of carboxylic acids is 1. The van der Waals surface area contributed by atoms with Crippen LogP contribution in [0.5, 0.6) is 0 Å². The zero-order chi connectivity index (χ0) is 13.8. The van der Waals surface area contributed by atoms with Gasteiger partial charge in [-0.2, -0.15) is 0 Å². The molecule has 19 heavy (non-hydrogen) atoms. The van der Waals surface area contributed by atoms with Gasteiger partial charge in [-0.25, -0.2) is 4.98 Å². The van der Waals surface area contributed by atoms with Crippen molar-refractivity contribution in [2.45, 2.75) is 6.42 Å². The number of hydrogen-bond acceptors (Lipinski definition) is 3. The molecular formula is C13H10Cl2N2O2. The fourth-order valence-corrected chi connectivity index (χ4v) is 1.87. The normalized spacial score (nSPS) is 10.2. The van der Waals surface area contributed by atoms with Gasteiger partial charge in [0.15, 0.2) is 0 Å². The van der Waals surface area contributed by atoms with E-state index in [4.69, 9.17) is 28.3 Å². The first-order chi connectivity index (χ1) is 9.06. The summed E-state index contributed by atoms with van der Waals surface area (Å²) in [6, 6.07) is 8.46. The SMILES string of the molecule is O=C(O)Cc1cccnc1Nc1ccc(Cl)c(Cl)c1. The van der Waals surface area contributed by atoms with E-state index in [2.05, 4.69) is 10.3 Å². The molecule has 0 bridgehead atoms. The second-order valence-corrected chi connectivity index (χ2v) is 4.65. The smallest absolute Gasteiger partial charge is 0.307 e. The Balaban J connectivity index is 2.27. The molecule has 0 aliphatic heterocycles. The van der Waals surface area contributed by atoms with E-state index in [9.17, 15) is 4.79 Å². The number of pyridine rings is 1. The molecule has 1 heterocycles. The van der Waals surface area contributed by atoms with Crippen LogP contribution in [0.1, 0.15) is 5.56 Å². The Kier molecular flexibility index (Phi) is 4.24. The summed E-state index contributed by atoms with van der Waals surface area (Å²) in [6.45, 7) is 0. The number of anilines is 2. The average Bonchev–Trinajstić information content (AvgIpc) is 2.36. The second kappa shape index (κ2) is 5.91. The summed E-state index contributed by atoms with van der Waals surface area (Å²) in [6.07, 6.45) is 1.49. The van der Waals surface area contributed by atoms with Crippen LogP contribution in [-0.4, -0.2) is 16.1 Å². The van der Waals surface area contributed by atoms with Crippen molar-refractivity contribution in [3.63, 3.8) is 0 Å². The zero-order valence-electron chi connectivity index (χ0n) is 9.73. The molecule has 0 amide bonds. The average molecular weight is 297 g/mol. The maximum Gasteiger partial charge on any atom is 0.307 e. The van der Waals surface area contributed by atoms with Crippen LogP contribution >= 0.6 is 23.2 Å². The van der Waals surface area contributed by atoms with Crippen molar-refractivity contribution in [1.29, 1.82) is 0 Å². The van der Waals surface area contributed by atoms with E-state index >= 15 is 0 Å². The number of aromatic nitrogens is 1. The maximum atomic E-state index is 10.8. The minimum Gasteiger partial charge on any atom is -0.481 e.